The maximum Gasteiger partial charge on any atom is 0.230 e. The number of aromatic nitrogens is 1. The number of ether oxygens (including phenoxy) is 1. The van der Waals surface area contributed by atoms with E-state index in [0.717, 1.165) is 40.1 Å². The number of hydrogen-bond acceptors (Lipinski definition) is 7. The second kappa shape index (κ2) is 10.9. The Balaban J connectivity index is 1.41. The fraction of sp³-hybridized carbons (Fsp3) is 0.474. The summed E-state index contributed by atoms with van der Waals surface area (Å²) in [5.41, 5.74) is 1.92. The van der Waals surface area contributed by atoms with Crippen molar-refractivity contribution in [1.29, 1.82) is 0 Å². The molecule has 0 saturated carbocycles. The number of hydrogen-bond donors (Lipinski definition) is 2. The largest absolute Gasteiger partial charge is 0.391 e. The van der Waals surface area contributed by atoms with Crippen molar-refractivity contribution in [2.24, 2.45) is 0 Å². The van der Waals surface area contributed by atoms with Crippen LogP contribution in [0.25, 0.3) is 0 Å². The molecule has 0 unspecified atom stereocenters. The number of amides is 1. The summed E-state index contributed by atoms with van der Waals surface area (Å²) in [5.74, 6) is 0.232. The summed E-state index contributed by atoms with van der Waals surface area (Å²) in [6.45, 7) is 5.26. The molecule has 1 amide bonds. The maximum absolute atomic E-state index is 12.2. The lowest BCUT2D eigenvalue weighted by Gasteiger charge is -2.33. The molecular weight excluding hydrogens is 453 g/mol. The molecule has 0 spiro atoms. The van der Waals surface area contributed by atoms with Crippen molar-refractivity contribution in [3.05, 3.63) is 44.4 Å². The molecule has 158 valence electrons. The van der Waals surface area contributed by atoms with Crippen molar-refractivity contribution in [3.8, 4) is 0 Å². The highest BCUT2D eigenvalue weighted by Gasteiger charge is 2.21. The number of thiazole rings is 1. The molecule has 1 saturated heterocycles. The Morgan fingerprint density at radius 1 is 1.45 bits per heavy atom. The number of nitrogens with zero attached hydrogens (tertiary/aromatic N) is 2. The summed E-state index contributed by atoms with van der Waals surface area (Å²) in [6.07, 6.45) is -0.0522. The summed E-state index contributed by atoms with van der Waals surface area (Å²) in [4.78, 5) is 19.6. The highest BCUT2D eigenvalue weighted by molar-refractivity contribution is 8.01. The van der Waals surface area contributed by atoms with Crippen molar-refractivity contribution in [1.82, 2.24) is 15.2 Å². The van der Waals surface area contributed by atoms with E-state index in [-0.39, 0.29) is 24.4 Å². The van der Waals surface area contributed by atoms with Gasteiger partial charge in [-0.2, -0.15) is 0 Å². The first-order valence-electron chi connectivity index (χ1n) is 9.19. The van der Waals surface area contributed by atoms with Gasteiger partial charge in [0, 0.05) is 26.2 Å². The van der Waals surface area contributed by atoms with E-state index in [0.29, 0.717) is 23.2 Å². The number of carbonyl (C=O) groups excluding carboxylic acids is 1. The SMILES string of the molecule is Cc1nc(SCC(=O)NC[C@H]2CN(Cc3ccc(Cl)c(Cl)c3)CCO2)sc1CO. The molecule has 1 fully saturated rings. The first-order chi connectivity index (χ1) is 13.9. The zero-order chi connectivity index (χ0) is 20.8. The number of benzene rings is 1. The van der Waals surface area contributed by atoms with E-state index in [1.54, 1.807) is 0 Å². The number of aliphatic hydroxyl groups excluding tert-OH is 1. The van der Waals surface area contributed by atoms with Crippen molar-refractivity contribution in [3.63, 3.8) is 0 Å². The molecule has 6 nitrogen and oxygen atoms in total. The lowest BCUT2D eigenvalue weighted by atomic mass is 10.2. The van der Waals surface area contributed by atoms with E-state index >= 15 is 0 Å². The first kappa shape index (κ1) is 22.8. The van der Waals surface area contributed by atoms with E-state index in [2.05, 4.69) is 15.2 Å². The van der Waals surface area contributed by atoms with Gasteiger partial charge in [0.1, 0.15) is 0 Å². The Hall–Kier alpha value is -0.870. The molecule has 10 heteroatoms. The monoisotopic (exact) mass is 475 g/mol. The molecule has 0 aliphatic carbocycles. The normalized spacial score (nSPS) is 17.4. The van der Waals surface area contributed by atoms with Gasteiger partial charge in [0.2, 0.25) is 5.91 Å². The molecule has 3 rings (SSSR count). The van der Waals surface area contributed by atoms with Crippen LogP contribution in [0, 0.1) is 6.92 Å². The molecule has 1 atom stereocenters. The molecule has 1 aromatic heterocycles. The highest BCUT2D eigenvalue weighted by Crippen LogP contribution is 2.27. The summed E-state index contributed by atoms with van der Waals surface area (Å²) in [7, 11) is 0. The Kier molecular flexibility index (Phi) is 8.61. The van der Waals surface area contributed by atoms with E-state index < -0.39 is 0 Å². The van der Waals surface area contributed by atoms with Gasteiger partial charge in [0.05, 0.1) is 45.7 Å². The molecule has 2 N–H and O–H groups in total. The summed E-state index contributed by atoms with van der Waals surface area (Å²) < 4.78 is 6.58. The van der Waals surface area contributed by atoms with Gasteiger partial charge in [0.15, 0.2) is 4.34 Å². The predicted molar refractivity (Wildman–Crippen MR) is 118 cm³/mol. The van der Waals surface area contributed by atoms with Crippen LogP contribution < -0.4 is 5.32 Å². The molecule has 1 aromatic carbocycles. The summed E-state index contributed by atoms with van der Waals surface area (Å²) >= 11 is 14.9. The van der Waals surface area contributed by atoms with E-state index in [9.17, 15) is 9.90 Å². The van der Waals surface area contributed by atoms with Gasteiger partial charge in [-0.3, -0.25) is 9.69 Å². The van der Waals surface area contributed by atoms with Crippen molar-refractivity contribution in [2.45, 2.75) is 30.5 Å². The van der Waals surface area contributed by atoms with Crippen LogP contribution in [0.1, 0.15) is 16.1 Å². The zero-order valence-corrected chi connectivity index (χ0v) is 19.1. The molecule has 0 bridgehead atoms. The number of nitrogens with one attached hydrogen (secondary N) is 1. The fourth-order valence-corrected chi connectivity index (χ4v) is 5.20. The second-order valence-electron chi connectivity index (χ2n) is 6.72. The third kappa shape index (κ3) is 6.82. The lowest BCUT2D eigenvalue weighted by molar-refractivity contribution is -0.119. The zero-order valence-electron chi connectivity index (χ0n) is 16.0. The van der Waals surface area contributed by atoms with Crippen LogP contribution in [-0.4, -0.2) is 59.0 Å². The number of rotatable bonds is 8. The quantitative estimate of drug-likeness (QED) is 0.570. The average molecular weight is 476 g/mol. The minimum absolute atomic E-state index is 0.0198. The molecule has 1 aliphatic heterocycles. The van der Waals surface area contributed by atoms with E-state index in [1.807, 2.05) is 25.1 Å². The first-order valence-corrected chi connectivity index (χ1v) is 11.7. The summed E-state index contributed by atoms with van der Waals surface area (Å²) in [6, 6.07) is 5.67. The van der Waals surface area contributed by atoms with Gasteiger partial charge in [-0.05, 0) is 24.6 Å². The van der Waals surface area contributed by atoms with Gasteiger partial charge >= 0.3 is 0 Å². The minimum Gasteiger partial charge on any atom is -0.391 e. The number of carbonyl (C=O) groups is 1. The number of aryl methyl sites for hydroxylation is 1. The van der Waals surface area contributed by atoms with Gasteiger partial charge in [-0.1, -0.05) is 41.0 Å². The number of morpholine rings is 1. The van der Waals surface area contributed by atoms with Crippen LogP contribution in [-0.2, 0) is 22.7 Å². The standard InChI is InChI=1S/C19H23Cl2N3O3S2/c1-12-17(10-25)29-19(23-12)28-11-18(26)22-7-14-9-24(4-5-27-14)8-13-2-3-15(20)16(21)6-13/h2-3,6,14,25H,4-5,7-11H2,1H3,(H,22,26)/t14-/m0/s1. The highest BCUT2D eigenvalue weighted by atomic mass is 35.5. The Bertz CT molecular complexity index is 850. The van der Waals surface area contributed by atoms with Crippen molar-refractivity contribution in [2.75, 3.05) is 32.0 Å². The van der Waals surface area contributed by atoms with Gasteiger partial charge in [-0.25, -0.2) is 4.98 Å². The van der Waals surface area contributed by atoms with Crippen LogP contribution in [0.3, 0.4) is 0 Å². The molecule has 1 aliphatic rings. The lowest BCUT2D eigenvalue weighted by Crippen LogP contribution is -2.47. The Labute approximate surface area is 188 Å². The van der Waals surface area contributed by atoms with Crippen molar-refractivity contribution < 1.29 is 14.6 Å². The van der Waals surface area contributed by atoms with Gasteiger partial charge in [-0.15, -0.1) is 11.3 Å². The average Bonchev–Trinajstić information content (AvgIpc) is 3.07. The second-order valence-corrected chi connectivity index (χ2v) is 9.84. The van der Waals surface area contributed by atoms with Crippen LogP contribution >= 0.6 is 46.3 Å². The smallest absolute Gasteiger partial charge is 0.230 e. The topological polar surface area (TPSA) is 74.7 Å². The van der Waals surface area contributed by atoms with Crippen LogP contribution in [0.4, 0.5) is 0 Å². The fourth-order valence-electron chi connectivity index (χ4n) is 2.96. The van der Waals surface area contributed by atoms with Crippen LogP contribution in [0.2, 0.25) is 10.0 Å². The Morgan fingerprint density at radius 3 is 3.00 bits per heavy atom. The van der Waals surface area contributed by atoms with Crippen molar-refractivity contribution >= 4 is 52.2 Å². The van der Waals surface area contributed by atoms with Gasteiger partial charge in [0.25, 0.3) is 0 Å². The predicted octanol–water partition coefficient (Wildman–Crippen LogP) is 3.36. The number of halogens is 2. The van der Waals surface area contributed by atoms with Gasteiger partial charge < -0.3 is 15.2 Å². The third-order valence-electron chi connectivity index (χ3n) is 4.48. The minimum atomic E-state index is -0.0568. The molecule has 0 radical (unpaired) electrons. The molecular formula is C19H23Cl2N3O3S2. The maximum atomic E-state index is 12.2. The number of thioether (sulfide) groups is 1. The molecule has 2 heterocycles. The summed E-state index contributed by atoms with van der Waals surface area (Å²) in [5, 5.41) is 13.3. The number of aliphatic hydroxyl groups is 1. The molecule has 2 aromatic rings. The Morgan fingerprint density at radius 2 is 2.28 bits per heavy atom. The van der Waals surface area contributed by atoms with Crippen LogP contribution in [0.5, 0.6) is 0 Å². The van der Waals surface area contributed by atoms with Crippen LogP contribution in [0.15, 0.2) is 22.5 Å². The van der Waals surface area contributed by atoms with E-state index in [1.165, 1.54) is 23.1 Å². The third-order valence-corrected chi connectivity index (χ3v) is 7.51. The molecule has 29 heavy (non-hydrogen) atoms. The van der Waals surface area contributed by atoms with E-state index in [4.69, 9.17) is 27.9 Å².